The molecule has 19 saturated carbocycles. The first-order valence-corrected chi connectivity index (χ1v) is 15.6. The maximum atomic E-state index is 3.14. The van der Waals surface area contributed by atoms with Crippen LogP contribution in [0, 0.1) is 148 Å². The fourth-order valence-corrected chi connectivity index (χ4v) is 30.3. The molecule has 0 radical (unpaired) electrons. The molecule has 0 aromatic heterocycles. The Morgan fingerprint density at radius 1 is 0.375 bits per heavy atom. The average Bonchev–Trinajstić information content (AvgIpc) is 2.92. The molecular weight excluding hydrogens is 384 g/mol. The van der Waals surface area contributed by atoms with E-state index in [1.54, 1.807) is 25.7 Å². The Kier molecular flexibility index (Phi) is 0.770. The molecule has 19 aliphatic carbocycles. The van der Waals surface area contributed by atoms with Crippen molar-refractivity contribution in [3.63, 3.8) is 0 Å². The summed E-state index contributed by atoms with van der Waals surface area (Å²) >= 11 is 0. The van der Waals surface area contributed by atoms with Gasteiger partial charge in [-0.25, -0.2) is 0 Å². The lowest BCUT2D eigenvalue weighted by Gasteiger charge is -3.40. The second kappa shape index (κ2) is 2.00. The molecule has 0 saturated heterocycles. The third kappa shape index (κ3) is 0.313. The number of hydrogen-bond donors (Lipinski definition) is 0. The second-order valence-electron chi connectivity index (χ2n) is 19.5. The monoisotopic (exact) mass is 412 g/mol. The fourth-order valence-electron chi connectivity index (χ4n) is 30.3. The van der Waals surface area contributed by atoms with E-state index in [0.29, 0.717) is 0 Å². The number of rotatable bonds is 0. The molecule has 0 heteroatoms. The van der Waals surface area contributed by atoms with Gasteiger partial charge in [0.15, 0.2) is 0 Å². The van der Waals surface area contributed by atoms with E-state index >= 15 is 0 Å². The van der Waals surface area contributed by atoms with Gasteiger partial charge in [-0.05, 0) is 174 Å². The molecule has 0 aromatic rings. The summed E-state index contributed by atoms with van der Waals surface area (Å²) in [6.45, 7) is 6.15. The van der Waals surface area contributed by atoms with E-state index in [1.807, 2.05) is 0 Å². The molecule has 32 heavy (non-hydrogen) atoms. The third-order valence-corrected chi connectivity index (χ3v) is 25.1. The van der Waals surface area contributed by atoms with E-state index in [9.17, 15) is 0 Å². The van der Waals surface area contributed by atoms with Crippen LogP contribution in [0.15, 0.2) is 0 Å². The van der Waals surface area contributed by atoms with Crippen LogP contribution in [-0.2, 0) is 0 Å². The first-order chi connectivity index (χ1) is 15.6. The summed E-state index contributed by atoms with van der Waals surface area (Å²) in [6.07, 6.45) is 7.07. The molecule has 26 atom stereocenters. The molecule has 19 rings (SSSR count). The quantitative estimate of drug-likeness (QED) is 0.556. The first-order valence-electron chi connectivity index (χ1n) is 15.6. The Morgan fingerprint density at radius 2 is 0.875 bits per heavy atom. The van der Waals surface area contributed by atoms with Gasteiger partial charge in [0.25, 0.3) is 0 Å². The van der Waals surface area contributed by atoms with Crippen molar-refractivity contribution in [3.8, 4) is 0 Å². The maximum absolute atomic E-state index is 3.14. The second-order valence-corrected chi connectivity index (χ2v) is 19.5. The van der Waals surface area contributed by atoms with Crippen LogP contribution in [0.25, 0.3) is 0 Å². The van der Waals surface area contributed by atoms with Crippen LogP contribution in [0.4, 0.5) is 0 Å². The molecule has 156 valence electrons. The lowest BCUT2D eigenvalue weighted by atomic mass is 8.62. The predicted octanol–water partition coefficient (Wildman–Crippen LogP) is 4.31. The zero-order valence-electron chi connectivity index (χ0n) is 18.9. The van der Waals surface area contributed by atoms with Gasteiger partial charge in [0.1, 0.15) is 0 Å². The van der Waals surface area contributed by atoms with Gasteiger partial charge >= 0.3 is 0 Å². The predicted molar refractivity (Wildman–Crippen MR) is 108 cm³/mol. The Bertz CT molecular complexity index is 1620. The summed E-state index contributed by atoms with van der Waals surface area (Å²) in [6, 6.07) is 0. The van der Waals surface area contributed by atoms with Gasteiger partial charge in [-0.1, -0.05) is 13.8 Å². The van der Waals surface area contributed by atoms with Crippen molar-refractivity contribution >= 4 is 0 Å². The number of hydrogen-bond acceptors (Lipinski definition) is 0. The summed E-state index contributed by atoms with van der Waals surface area (Å²) < 4.78 is 0. The van der Waals surface area contributed by atoms with Crippen molar-refractivity contribution < 1.29 is 0 Å². The van der Waals surface area contributed by atoms with Crippen molar-refractivity contribution in [1.29, 1.82) is 0 Å². The Morgan fingerprint density at radius 3 is 1.66 bits per heavy atom. The van der Waals surface area contributed by atoms with E-state index in [0.717, 1.165) is 65.0 Å². The Hall–Kier alpha value is 0. The van der Waals surface area contributed by atoms with Gasteiger partial charge in [-0.3, -0.25) is 0 Å². The summed E-state index contributed by atoms with van der Waals surface area (Å²) in [7, 11) is 0. The zero-order valence-corrected chi connectivity index (χ0v) is 18.9. The van der Waals surface area contributed by atoms with Crippen LogP contribution in [0.1, 0.15) is 39.5 Å². The van der Waals surface area contributed by atoms with Crippen LogP contribution < -0.4 is 0 Å². The standard InChI is InChI=1S/C32H28/c1-21-7-3-14-18-15-12-5-9-10-6-13-17-19-20-16-11-4-8(7)23(11,21)30(16)26(14,21)28(18)22(2)27(15)24(9,12)25(10,13)31(17,27)29(19,22)32(20,28)30/h7-20H,3-6H2,1-2H3. The van der Waals surface area contributed by atoms with E-state index in [4.69, 9.17) is 0 Å². The van der Waals surface area contributed by atoms with Gasteiger partial charge in [0, 0.05) is 0 Å². The van der Waals surface area contributed by atoms with Gasteiger partial charge in [-0.2, -0.15) is 0 Å². The summed E-state index contributed by atoms with van der Waals surface area (Å²) in [5.74, 6) is 18.3. The molecule has 10 spiro atoms. The summed E-state index contributed by atoms with van der Waals surface area (Å²) in [5, 5.41) is 0. The molecule has 0 nitrogen and oxygen atoms in total. The maximum Gasteiger partial charge on any atom is -0.00507 e. The van der Waals surface area contributed by atoms with Crippen LogP contribution in [-0.4, -0.2) is 0 Å². The van der Waals surface area contributed by atoms with Crippen molar-refractivity contribution in [2.45, 2.75) is 39.5 Å². The van der Waals surface area contributed by atoms with Gasteiger partial charge in [0.05, 0.1) is 0 Å². The fraction of sp³-hybridized carbons (Fsp3) is 1.00. The minimum Gasteiger partial charge on any atom is -0.0582 e. The zero-order chi connectivity index (χ0) is 18.9. The molecule has 19 aliphatic rings. The number of fused-ring (bicyclic) bond motifs is 10. The van der Waals surface area contributed by atoms with Crippen LogP contribution in [0.2, 0.25) is 0 Å². The highest BCUT2D eigenvalue weighted by Gasteiger charge is 3.46. The van der Waals surface area contributed by atoms with Gasteiger partial charge in [0.2, 0.25) is 0 Å². The summed E-state index contributed by atoms with van der Waals surface area (Å²) in [5.41, 5.74) is 12.1. The van der Waals surface area contributed by atoms with E-state index < -0.39 is 0 Å². The lowest BCUT2D eigenvalue weighted by molar-refractivity contribution is -0.957. The topological polar surface area (TPSA) is 0 Å². The van der Waals surface area contributed by atoms with E-state index in [-0.39, 0.29) is 0 Å². The highest BCUT2D eigenvalue weighted by atomic mass is 15.5. The molecule has 0 bridgehead atoms. The minimum absolute atomic E-state index is 0.905. The van der Waals surface area contributed by atoms with Crippen molar-refractivity contribution in [2.24, 2.45) is 148 Å². The molecule has 0 aromatic carbocycles. The average molecular weight is 413 g/mol. The lowest BCUT2D eigenvalue weighted by Crippen LogP contribution is -3.39. The largest absolute Gasteiger partial charge is 0.0582 e. The third-order valence-electron chi connectivity index (χ3n) is 25.1. The van der Waals surface area contributed by atoms with E-state index in [1.165, 1.54) is 82.9 Å². The van der Waals surface area contributed by atoms with Crippen molar-refractivity contribution in [2.75, 3.05) is 0 Å². The smallest absolute Gasteiger partial charge is 0.00507 e. The van der Waals surface area contributed by atoms with Crippen LogP contribution in [0.5, 0.6) is 0 Å². The highest BCUT2D eigenvalue weighted by Crippen LogP contribution is 3.48. The molecule has 26 unspecified atom stereocenters. The summed E-state index contributed by atoms with van der Waals surface area (Å²) in [4.78, 5) is 0. The van der Waals surface area contributed by atoms with Crippen molar-refractivity contribution in [1.82, 2.24) is 0 Å². The highest BCUT2D eigenvalue weighted by molar-refractivity contribution is 5.91. The molecule has 0 aliphatic heterocycles. The Balaban J connectivity index is 1.11. The molecule has 0 heterocycles. The molecule has 0 N–H and O–H groups in total. The first kappa shape index (κ1) is 12.3. The molecule has 19 fully saturated rings. The normalized spacial score (nSPS) is 122. The van der Waals surface area contributed by atoms with Gasteiger partial charge < -0.3 is 0 Å². The molecule has 0 amide bonds. The van der Waals surface area contributed by atoms with Gasteiger partial charge in [-0.15, -0.1) is 0 Å². The molecular formula is C32H28. The van der Waals surface area contributed by atoms with Crippen LogP contribution >= 0.6 is 0 Å². The van der Waals surface area contributed by atoms with E-state index in [2.05, 4.69) is 13.8 Å². The van der Waals surface area contributed by atoms with Crippen LogP contribution in [0.3, 0.4) is 0 Å². The minimum atomic E-state index is 0.905. The Labute approximate surface area is 187 Å². The SMILES string of the molecule is CC12C3CC4C5C6C7CC8C9CC%10C%11C%12C%13C%14C%15CC3C%151C%141C42C52C3(C)C64C87C9%10C%114C%123C%1312. The van der Waals surface area contributed by atoms with Crippen molar-refractivity contribution in [3.05, 3.63) is 0 Å².